The number of aliphatic hydroxyl groups excluding tert-OH is 1. The zero-order chi connectivity index (χ0) is 14.7. The lowest BCUT2D eigenvalue weighted by molar-refractivity contribution is 0.281. The first-order valence-corrected chi connectivity index (χ1v) is 6.78. The fourth-order valence-electron chi connectivity index (χ4n) is 2.11. The van der Waals surface area contributed by atoms with Gasteiger partial charge < -0.3 is 10.0 Å². The summed E-state index contributed by atoms with van der Waals surface area (Å²) >= 11 is 5.87. The molecular formula is C16H17ClFNO. The Morgan fingerprint density at radius 2 is 1.85 bits per heavy atom. The minimum absolute atomic E-state index is 0.0155. The number of hydrogen-bond donors (Lipinski definition) is 1. The van der Waals surface area contributed by atoms with Crippen LogP contribution < -0.4 is 4.90 Å². The molecular weight excluding hydrogens is 277 g/mol. The van der Waals surface area contributed by atoms with Crippen LogP contribution in [0.5, 0.6) is 0 Å². The number of hydrogen-bond acceptors (Lipinski definition) is 2. The Balaban J connectivity index is 2.26. The van der Waals surface area contributed by atoms with Gasteiger partial charge in [0.05, 0.1) is 18.3 Å². The monoisotopic (exact) mass is 293 g/mol. The molecule has 106 valence electrons. The van der Waals surface area contributed by atoms with Crippen molar-refractivity contribution < 1.29 is 9.50 Å². The largest absolute Gasteiger partial charge is 0.392 e. The number of anilines is 1. The van der Waals surface area contributed by atoms with Crippen LogP contribution in [0, 0.1) is 5.82 Å². The fraction of sp³-hybridized carbons (Fsp3) is 0.250. The van der Waals surface area contributed by atoms with Gasteiger partial charge >= 0.3 is 0 Å². The van der Waals surface area contributed by atoms with Crippen molar-refractivity contribution in [1.82, 2.24) is 0 Å². The Kier molecular flexibility index (Phi) is 4.63. The second-order valence-electron chi connectivity index (χ2n) is 4.78. The first-order valence-electron chi connectivity index (χ1n) is 6.40. The van der Waals surface area contributed by atoms with E-state index in [1.165, 1.54) is 6.07 Å². The van der Waals surface area contributed by atoms with Gasteiger partial charge in [-0.15, -0.1) is 0 Å². The lowest BCUT2D eigenvalue weighted by Gasteiger charge is -2.28. The highest BCUT2D eigenvalue weighted by atomic mass is 35.5. The van der Waals surface area contributed by atoms with E-state index in [-0.39, 0.29) is 18.5 Å². The molecule has 0 aliphatic rings. The molecule has 0 spiro atoms. The standard InChI is InChI=1S/C16H17ClFNO/c1-11(13-4-6-14(17)7-5-13)19(2)16-8-3-12(10-20)9-15(16)18/h3-9,11,20H,10H2,1-2H3. The van der Waals surface area contributed by atoms with E-state index in [1.54, 1.807) is 12.1 Å². The van der Waals surface area contributed by atoms with Gasteiger partial charge in [-0.25, -0.2) is 4.39 Å². The molecule has 0 aliphatic heterocycles. The minimum atomic E-state index is -0.333. The highest BCUT2D eigenvalue weighted by molar-refractivity contribution is 6.30. The molecule has 0 saturated carbocycles. The average molecular weight is 294 g/mol. The van der Waals surface area contributed by atoms with E-state index in [4.69, 9.17) is 16.7 Å². The molecule has 0 bridgehead atoms. The van der Waals surface area contributed by atoms with E-state index in [9.17, 15) is 4.39 Å². The third-order valence-corrected chi connectivity index (χ3v) is 3.76. The smallest absolute Gasteiger partial charge is 0.146 e. The molecule has 2 aromatic carbocycles. The van der Waals surface area contributed by atoms with Crippen LogP contribution in [0.1, 0.15) is 24.1 Å². The molecule has 0 aromatic heterocycles. The summed E-state index contributed by atoms with van der Waals surface area (Å²) in [5, 5.41) is 9.69. The van der Waals surface area contributed by atoms with E-state index in [2.05, 4.69) is 0 Å². The van der Waals surface area contributed by atoms with Crippen LogP contribution in [0.15, 0.2) is 42.5 Å². The topological polar surface area (TPSA) is 23.5 Å². The van der Waals surface area contributed by atoms with E-state index in [0.717, 1.165) is 5.56 Å². The normalized spacial score (nSPS) is 12.2. The van der Waals surface area contributed by atoms with Crippen molar-refractivity contribution in [2.75, 3.05) is 11.9 Å². The Morgan fingerprint density at radius 3 is 2.40 bits per heavy atom. The predicted molar refractivity (Wildman–Crippen MR) is 80.6 cm³/mol. The SMILES string of the molecule is CC(c1ccc(Cl)cc1)N(C)c1ccc(CO)cc1F. The van der Waals surface area contributed by atoms with Gasteiger partial charge in [-0.05, 0) is 42.3 Å². The molecule has 2 aromatic rings. The van der Waals surface area contributed by atoms with Crippen LogP contribution in [0.4, 0.5) is 10.1 Å². The van der Waals surface area contributed by atoms with Crippen molar-refractivity contribution in [3.05, 3.63) is 64.4 Å². The van der Waals surface area contributed by atoms with E-state index >= 15 is 0 Å². The van der Waals surface area contributed by atoms with Crippen molar-refractivity contribution in [2.45, 2.75) is 19.6 Å². The number of aliphatic hydroxyl groups is 1. The molecule has 2 nitrogen and oxygen atoms in total. The molecule has 1 unspecified atom stereocenters. The maximum atomic E-state index is 14.1. The molecule has 2 rings (SSSR count). The van der Waals surface area contributed by atoms with Gasteiger partial charge in [0.15, 0.2) is 0 Å². The van der Waals surface area contributed by atoms with E-state index in [0.29, 0.717) is 16.3 Å². The summed E-state index contributed by atoms with van der Waals surface area (Å²) in [6.07, 6.45) is 0. The highest BCUT2D eigenvalue weighted by Gasteiger charge is 2.15. The van der Waals surface area contributed by atoms with Crippen molar-refractivity contribution >= 4 is 17.3 Å². The molecule has 20 heavy (non-hydrogen) atoms. The van der Waals surface area contributed by atoms with Gasteiger partial charge in [-0.2, -0.15) is 0 Å². The van der Waals surface area contributed by atoms with Gasteiger partial charge in [-0.3, -0.25) is 0 Å². The van der Waals surface area contributed by atoms with Crippen LogP contribution in [-0.2, 0) is 6.61 Å². The van der Waals surface area contributed by atoms with Gasteiger partial charge in [0, 0.05) is 12.1 Å². The van der Waals surface area contributed by atoms with E-state index < -0.39 is 0 Å². The molecule has 0 radical (unpaired) electrons. The second-order valence-corrected chi connectivity index (χ2v) is 5.22. The van der Waals surface area contributed by atoms with Crippen LogP contribution in [0.3, 0.4) is 0 Å². The Morgan fingerprint density at radius 1 is 1.20 bits per heavy atom. The van der Waals surface area contributed by atoms with Crippen LogP contribution in [0.25, 0.3) is 0 Å². The lowest BCUT2D eigenvalue weighted by atomic mass is 10.1. The zero-order valence-electron chi connectivity index (χ0n) is 11.5. The fourth-order valence-corrected chi connectivity index (χ4v) is 2.23. The van der Waals surface area contributed by atoms with Gasteiger partial charge in [0.2, 0.25) is 0 Å². The molecule has 0 amide bonds. The summed E-state index contributed by atoms with van der Waals surface area (Å²) in [5.41, 5.74) is 2.13. The first kappa shape index (κ1) is 14.8. The van der Waals surface area contributed by atoms with Gasteiger partial charge in [-0.1, -0.05) is 29.8 Å². The molecule has 0 heterocycles. The summed E-state index contributed by atoms with van der Waals surface area (Å²) in [7, 11) is 1.84. The maximum absolute atomic E-state index is 14.1. The molecule has 4 heteroatoms. The lowest BCUT2D eigenvalue weighted by Crippen LogP contribution is -2.22. The van der Waals surface area contributed by atoms with Crippen LogP contribution in [0.2, 0.25) is 5.02 Å². The van der Waals surface area contributed by atoms with Crippen molar-refractivity contribution in [3.63, 3.8) is 0 Å². The average Bonchev–Trinajstić information content (AvgIpc) is 2.46. The number of rotatable bonds is 4. The number of halogens is 2. The maximum Gasteiger partial charge on any atom is 0.146 e. The van der Waals surface area contributed by atoms with Crippen LogP contribution in [-0.4, -0.2) is 12.2 Å². The summed E-state index contributed by atoms with van der Waals surface area (Å²) in [4.78, 5) is 1.86. The summed E-state index contributed by atoms with van der Waals surface area (Å²) < 4.78 is 14.1. The van der Waals surface area contributed by atoms with Crippen LogP contribution >= 0.6 is 11.6 Å². The van der Waals surface area contributed by atoms with Crippen molar-refractivity contribution in [1.29, 1.82) is 0 Å². The highest BCUT2D eigenvalue weighted by Crippen LogP contribution is 2.28. The molecule has 0 saturated heterocycles. The zero-order valence-corrected chi connectivity index (χ0v) is 12.2. The third-order valence-electron chi connectivity index (χ3n) is 3.51. The summed E-state index contributed by atoms with van der Waals surface area (Å²) in [6.45, 7) is 1.84. The minimum Gasteiger partial charge on any atom is -0.392 e. The van der Waals surface area contributed by atoms with Crippen molar-refractivity contribution in [2.24, 2.45) is 0 Å². The number of benzene rings is 2. The Labute approximate surface area is 123 Å². The van der Waals surface area contributed by atoms with Gasteiger partial charge in [0.1, 0.15) is 5.82 Å². The molecule has 0 fully saturated rings. The molecule has 0 aliphatic carbocycles. The summed E-state index contributed by atoms with van der Waals surface area (Å²) in [5.74, 6) is -0.333. The number of nitrogens with zero attached hydrogens (tertiary/aromatic N) is 1. The molecule has 1 N–H and O–H groups in total. The first-order chi connectivity index (χ1) is 9.52. The third kappa shape index (κ3) is 3.11. The second kappa shape index (κ2) is 6.25. The van der Waals surface area contributed by atoms with Gasteiger partial charge in [0.25, 0.3) is 0 Å². The van der Waals surface area contributed by atoms with E-state index in [1.807, 2.05) is 43.1 Å². The summed E-state index contributed by atoms with van der Waals surface area (Å²) in [6, 6.07) is 12.3. The predicted octanol–water partition coefficient (Wildman–Crippen LogP) is 4.17. The Hall–Kier alpha value is -1.58. The quantitative estimate of drug-likeness (QED) is 0.914. The Bertz CT molecular complexity index is 586. The molecule has 1 atom stereocenters. The van der Waals surface area contributed by atoms with Crippen molar-refractivity contribution in [3.8, 4) is 0 Å².